The van der Waals surface area contributed by atoms with Crippen LogP contribution >= 0.6 is 0 Å². The average Bonchev–Trinajstić information content (AvgIpc) is 2.37. The summed E-state index contributed by atoms with van der Waals surface area (Å²) < 4.78 is 10.7. The molecule has 1 rings (SSSR count). The third-order valence-electron chi connectivity index (χ3n) is 2.85. The highest BCUT2D eigenvalue weighted by Crippen LogP contribution is 2.34. The van der Waals surface area contributed by atoms with Crippen molar-refractivity contribution in [1.82, 2.24) is 0 Å². The Kier molecular flexibility index (Phi) is 5.08. The number of nitrogens with two attached hydrogens (primary N) is 1. The van der Waals surface area contributed by atoms with Crippen LogP contribution in [0.2, 0.25) is 0 Å². The predicted molar refractivity (Wildman–Crippen MR) is 72.1 cm³/mol. The third-order valence-corrected chi connectivity index (χ3v) is 2.85. The maximum absolute atomic E-state index is 11.0. The summed E-state index contributed by atoms with van der Waals surface area (Å²) in [5.41, 5.74) is 2.00. The second-order valence-corrected chi connectivity index (χ2v) is 4.62. The Balaban J connectivity index is 2.81. The minimum absolute atomic E-state index is 0.166. The number of nitrogens with zero attached hydrogens (tertiary/aromatic N) is 1. The molecule has 0 aliphatic carbocycles. The smallest absolute Gasteiger partial charge is 0.335 e. The first-order valence-electron chi connectivity index (χ1n) is 5.83. The lowest BCUT2D eigenvalue weighted by molar-refractivity contribution is -0.385. The molecular formula is C12H19N3O4. The van der Waals surface area contributed by atoms with E-state index in [2.05, 4.69) is 5.43 Å². The van der Waals surface area contributed by atoms with Crippen LogP contribution in [0.4, 0.5) is 11.4 Å². The van der Waals surface area contributed by atoms with Crippen LogP contribution in [0.25, 0.3) is 0 Å². The molecule has 0 radical (unpaired) electrons. The molecule has 106 valence electrons. The summed E-state index contributed by atoms with van der Waals surface area (Å²) in [6.07, 6.45) is 0.612. The number of benzene rings is 1. The average molecular weight is 269 g/mol. The molecule has 0 saturated carbocycles. The van der Waals surface area contributed by atoms with Crippen LogP contribution in [0, 0.1) is 10.1 Å². The van der Waals surface area contributed by atoms with Gasteiger partial charge in [0.15, 0.2) is 5.75 Å². The van der Waals surface area contributed by atoms with Crippen LogP contribution in [0.5, 0.6) is 5.75 Å². The van der Waals surface area contributed by atoms with Crippen molar-refractivity contribution in [2.75, 3.05) is 19.1 Å². The Morgan fingerprint density at radius 1 is 1.47 bits per heavy atom. The molecule has 0 atom stereocenters. The molecule has 0 heterocycles. The van der Waals surface area contributed by atoms with Crippen molar-refractivity contribution in [3.8, 4) is 5.75 Å². The van der Waals surface area contributed by atoms with Crippen LogP contribution < -0.4 is 16.0 Å². The summed E-state index contributed by atoms with van der Waals surface area (Å²) in [5.74, 6) is 5.43. The van der Waals surface area contributed by atoms with E-state index in [1.54, 1.807) is 19.2 Å². The summed E-state index contributed by atoms with van der Waals surface area (Å²) >= 11 is 0. The minimum Gasteiger partial charge on any atom is -0.487 e. The van der Waals surface area contributed by atoms with E-state index >= 15 is 0 Å². The van der Waals surface area contributed by atoms with Gasteiger partial charge in [-0.15, -0.1) is 0 Å². The van der Waals surface area contributed by atoms with Crippen molar-refractivity contribution < 1.29 is 14.4 Å². The van der Waals surface area contributed by atoms with Crippen molar-refractivity contribution in [2.45, 2.75) is 25.9 Å². The first-order valence-corrected chi connectivity index (χ1v) is 5.83. The molecule has 0 saturated heterocycles. The zero-order valence-corrected chi connectivity index (χ0v) is 11.3. The number of hydrazine groups is 1. The van der Waals surface area contributed by atoms with Crippen molar-refractivity contribution >= 4 is 11.4 Å². The number of methoxy groups -OCH3 is 1. The van der Waals surface area contributed by atoms with Crippen LogP contribution in [0.1, 0.15) is 20.3 Å². The summed E-state index contributed by atoms with van der Waals surface area (Å²) in [7, 11) is 1.61. The normalized spacial score (nSPS) is 11.2. The molecule has 19 heavy (non-hydrogen) atoms. The van der Waals surface area contributed by atoms with Crippen LogP contribution in [0.3, 0.4) is 0 Å². The van der Waals surface area contributed by atoms with Crippen molar-refractivity contribution in [3.05, 3.63) is 28.3 Å². The number of hydrogen-bond acceptors (Lipinski definition) is 6. The predicted octanol–water partition coefficient (Wildman–Crippen LogP) is 2.07. The molecule has 0 fully saturated rings. The first-order chi connectivity index (χ1) is 8.91. The fourth-order valence-electron chi connectivity index (χ4n) is 1.45. The topological polar surface area (TPSA) is 99.7 Å². The van der Waals surface area contributed by atoms with E-state index in [4.69, 9.17) is 15.3 Å². The summed E-state index contributed by atoms with van der Waals surface area (Å²) in [4.78, 5) is 10.5. The number of para-hydroxylation sites is 1. The van der Waals surface area contributed by atoms with Crippen molar-refractivity contribution in [3.63, 3.8) is 0 Å². The molecule has 0 aromatic heterocycles. The molecule has 0 unspecified atom stereocenters. The van der Waals surface area contributed by atoms with E-state index in [1.165, 1.54) is 6.07 Å². The van der Waals surface area contributed by atoms with Gasteiger partial charge in [-0.1, -0.05) is 6.07 Å². The van der Waals surface area contributed by atoms with Crippen LogP contribution in [-0.2, 0) is 4.74 Å². The van der Waals surface area contributed by atoms with E-state index < -0.39 is 4.92 Å². The number of ether oxygens (including phenoxy) is 2. The van der Waals surface area contributed by atoms with E-state index in [-0.39, 0.29) is 22.7 Å². The van der Waals surface area contributed by atoms with Gasteiger partial charge in [-0.3, -0.25) is 16.0 Å². The number of nitrogens with one attached hydrogen (secondary N) is 1. The Bertz CT molecular complexity index is 449. The maximum atomic E-state index is 11.0. The minimum atomic E-state index is -0.522. The van der Waals surface area contributed by atoms with Gasteiger partial charge in [0, 0.05) is 13.5 Å². The zero-order chi connectivity index (χ0) is 14.5. The Labute approximate surface area is 111 Å². The fraction of sp³-hybridized carbons (Fsp3) is 0.500. The second kappa shape index (κ2) is 6.35. The maximum Gasteiger partial charge on any atom is 0.335 e. The van der Waals surface area contributed by atoms with Gasteiger partial charge in [0.1, 0.15) is 5.69 Å². The Hall–Kier alpha value is -1.86. The number of hydrogen-bond donors (Lipinski definition) is 2. The highest BCUT2D eigenvalue weighted by atomic mass is 16.6. The molecular weight excluding hydrogens is 250 g/mol. The summed E-state index contributed by atoms with van der Waals surface area (Å²) in [6.45, 7) is 4.15. The van der Waals surface area contributed by atoms with Crippen molar-refractivity contribution in [1.29, 1.82) is 0 Å². The van der Waals surface area contributed by atoms with Gasteiger partial charge in [0.25, 0.3) is 0 Å². The van der Waals surface area contributed by atoms with E-state index in [0.717, 1.165) is 0 Å². The number of nitro benzene ring substituents is 1. The summed E-state index contributed by atoms with van der Waals surface area (Å²) in [5, 5.41) is 11.0. The first kappa shape index (κ1) is 15.2. The van der Waals surface area contributed by atoms with Gasteiger partial charge >= 0.3 is 5.69 Å². The monoisotopic (exact) mass is 269 g/mol. The molecule has 1 aromatic rings. The van der Waals surface area contributed by atoms with Gasteiger partial charge in [0.05, 0.1) is 17.1 Å². The van der Waals surface area contributed by atoms with Gasteiger partial charge < -0.3 is 14.9 Å². The highest BCUT2D eigenvalue weighted by Gasteiger charge is 2.22. The largest absolute Gasteiger partial charge is 0.487 e. The lowest BCUT2D eigenvalue weighted by Crippen LogP contribution is -2.25. The van der Waals surface area contributed by atoms with E-state index in [9.17, 15) is 10.1 Å². The zero-order valence-electron chi connectivity index (χ0n) is 11.3. The number of nitro groups is 1. The Morgan fingerprint density at radius 3 is 2.68 bits per heavy atom. The quantitative estimate of drug-likeness (QED) is 0.446. The number of nitrogen functional groups attached to an aromatic ring is 1. The molecule has 7 heteroatoms. The van der Waals surface area contributed by atoms with Gasteiger partial charge in [-0.05, 0) is 26.0 Å². The molecule has 3 N–H and O–H groups in total. The van der Waals surface area contributed by atoms with Crippen LogP contribution in [-0.4, -0.2) is 24.2 Å². The third kappa shape index (κ3) is 4.08. The molecule has 7 nitrogen and oxygen atoms in total. The lowest BCUT2D eigenvalue weighted by atomic mass is 10.1. The molecule has 0 amide bonds. The Morgan fingerprint density at radius 2 is 2.16 bits per heavy atom. The number of anilines is 1. The highest BCUT2D eigenvalue weighted by molar-refractivity contribution is 5.67. The second-order valence-electron chi connectivity index (χ2n) is 4.62. The molecule has 1 aromatic carbocycles. The molecule has 0 spiro atoms. The van der Waals surface area contributed by atoms with Gasteiger partial charge in [0.2, 0.25) is 0 Å². The fourth-order valence-corrected chi connectivity index (χ4v) is 1.45. The molecule has 0 aliphatic heterocycles. The van der Waals surface area contributed by atoms with Crippen molar-refractivity contribution in [2.24, 2.45) is 5.84 Å². The van der Waals surface area contributed by atoms with Gasteiger partial charge in [-0.25, -0.2) is 0 Å². The summed E-state index contributed by atoms with van der Waals surface area (Å²) in [6, 6.07) is 4.70. The number of rotatable bonds is 7. The SMILES string of the molecule is COC(C)(C)CCOc1cccc(NN)c1[N+](=O)[O-]. The molecule has 0 bridgehead atoms. The van der Waals surface area contributed by atoms with E-state index in [1.807, 2.05) is 13.8 Å². The molecule has 0 aliphatic rings. The van der Waals surface area contributed by atoms with E-state index in [0.29, 0.717) is 13.0 Å². The standard InChI is InChI=1S/C12H19N3O4/c1-12(2,18-3)7-8-19-10-6-4-5-9(14-13)11(10)15(16)17/h4-6,14H,7-8,13H2,1-3H3. The lowest BCUT2D eigenvalue weighted by Gasteiger charge is -2.22. The van der Waals surface area contributed by atoms with Gasteiger partial charge in [-0.2, -0.15) is 0 Å². The van der Waals surface area contributed by atoms with Crippen LogP contribution in [0.15, 0.2) is 18.2 Å².